The number of hydrogen-bond donors (Lipinski definition) is 2. The molecule has 2 atom stereocenters. The SMILES string of the molecule is COc1cc(CN2C(=O)CN[C@](c3ccccc3)([C@H](Oc3nc(OC)cc(OC)n3)C(=O)O)c3ccccc32)cc(OC)c1. The normalized spacial score (nSPS) is 16.7. The van der Waals surface area contributed by atoms with Gasteiger partial charge in [-0.3, -0.25) is 10.1 Å². The number of benzene rings is 3. The summed E-state index contributed by atoms with van der Waals surface area (Å²) in [6, 6.07) is 22.6. The molecule has 1 aliphatic rings. The molecule has 2 N–H and O–H groups in total. The molecule has 0 spiro atoms. The molecule has 3 aromatic carbocycles. The van der Waals surface area contributed by atoms with Crippen molar-refractivity contribution in [3.8, 4) is 29.3 Å². The molecule has 12 nitrogen and oxygen atoms in total. The van der Waals surface area contributed by atoms with Crippen molar-refractivity contribution in [2.45, 2.75) is 18.2 Å². The summed E-state index contributed by atoms with van der Waals surface area (Å²) < 4.78 is 27.5. The second-order valence-electron chi connectivity index (χ2n) is 9.82. The Kier molecular flexibility index (Phi) is 8.81. The summed E-state index contributed by atoms with van der Waals surface area (Å²) >= 11 is 0. The number of carboxylic acid groups (broad SMARTS) is 1. The van der Waals surface area contributed by atoms with Gasteiger partial charge in [0.2, 0.25) is 23.8 Å². The number of nitrogens with one attached hydrogen (secondary N) is 1. The van der Waals surface area contributed by atoms with E-state index in [0.29, 0.717) is 28.3 Å². The maximum Gasteiger partial charge on any atom is 0.347 e. The predicted molar refractivity (Wildman–Crippen MR) is 160 cm³/mol. The Hall–Kier alpha value is -5.36. The van der Waals surface area contributed by atoms with Gasteiger partial charge in [0.05, 0.1) is 47.6 Å². The van der Waals surface area contributed by atoms with Crippen LogP contribution in [0.3, 0.4) is 0 Å². The average molecular weight is 601 g/mol. The van der Waals surface area contributed by atoms with Crippen molar-refractivity contribution >= 4 is 17.6 Å². The number of anilines is 1. The molecule has 0 bridgehead atoms. The van der Waals surface area contributed by atoms with Gasteiger partial charge >= 0.3 is 12.0 Å². The van der Waals surface area contributed by atoms with Crippen molar-refractivity contribution in [1.29, 1.82) is 0 Å². The van der Waals surface area contributed by atoms with Gasteiger partial charge in [0.15, 0.2) is 0 Å². The van der Waals surface area contributed by atoms with Crippen molar-refractivity contribution in [2.24, 2.45) is 0 Å². The molecule has 1 aromatic heterocycles. The molecule has 0 unspecified atom stereocenters. The Balaban J connectivity index is 1.70. The van der Waals surface area contributed by atoms with Crippen LogP contribution in [0.4, 0.5) is 5.69 Å². The largest absolute Gasteiger partial charge is 0.497 e. The van der Waals surface area contributed by atoms with Crippen LogP contribution in [-0.4, -0.2) is 68.0 Å². The van der Waals surface area contributed by atoms with E-state index < -0.39 is 17.6 Å². The molecular weight excluding hydrogens is 568 g/mol. The molecule has 5 rings (SSSR count). The Labute approximate surface area is 254 Å². The van der Waals surface area contributed by atoms with Gasteiger partial charge in [0.25, 0.3) is 0 Å². The summed E-state index contributed by atoms with van der Waals surface area (Å²) in [7, 11) is 5.92. The number of amides is 1. The number of carbonyl (C=O) groups is 2. The van der Waals surface area contributed by atoms with E-state index in [9.17, 15) is 14.7 Å². The number of rotatable bonds is 11. The Morgan fingerprint density at radius 1 is 0.886 bits per heavy atom. The standard InChI is InChI=1S/C32H32N4O8/c1-40-22-14-20(15-23(16-22)41-2)19-36-25-13-9-8-12-24(25)32(33-18-28(36)37,21-10-6-5-7-11-21)29(30(38)39)44-31-34-26(42-3)17-27(35-31)43-4/h5-17,29,33H,18-19H2,1-4H3,(H,38,39)/t29-,32+/m1/s1. The van der Waals surface area contributed by atoms with Crippen LogP contribution in [0.25, 0.3) is 0 Å². The van der Waals surface area contributed by atoms with E-state index in [4.69, 9.17) is 23.7 Å². The third-order valence-corrected chi connectivity index (χ3v) is 7.34. The second kappa shape index (κ2) is 12.9. The lowest BCUT2D eigenvalue weighted by Crippen LogP contribution is -2.58. The molecule has 4 aromatic rings. The highest BCUT2D eigenvalue weighted by atomic mass is 16.5. The molecule has 228 valence electrons. The first-order valence-electron chi connectivity index (χ1n) is 13.6. The van der Waals surface area contributed by atoms with E-state index in [0.717, 1.165) is 5.56 Å². The molecule has 1 amide bonds. The summed E-state index contributed by atoms with van der Waals surface area (Å²) in [4.78, 5) is 37.1. The first-order valence-corrected chi connectivity index (χ1v) is 13.6. The lowest BCUT2D eigenvalue weighted by Gasteiger charge is -2.39. The summed E-state index contributed by atoms with van der Waals surface area (Å²) in [6.07, 6.45) is -1.66. The zero-order chi connectivity index (χ0) is 31.3. The zero-order valence-corrected chi connectivity index (χ0v) is 24.6. The first kappa shape index (κ1) is 30.1. The van der Waals surface area contributed by atoms with Crippen LogP contribution in [0.15, 0.2) is 78.9 Å². The molecule has 0 radical (unpaired) electrons. The number of fused-ring (bicyclic) bond motifs is 1. The van der Waals surface area contributed by atoms with Crippen molar-refractivity contribution in [2.75, 3.05) is 39.9 Å². The minimum atomic E-state index is -1.66. The fourth-order valence-electron chi connectivity index (χ4n) is 5.31. The fraction of sp³-hybridized carbons (Fsp3) is 0.250. The topological polar surface area (TPSA) is 142 Å². The van der Waals surface area contributed by atoms with E-state index in [1.165, 1.54) is 20.3 Å². The predicted octanol–water partition coefficient (Wildman–Crippen LogP) is 3.42. The highest BCUT2D eigenvalue weighted by Gasteiger charge is 2.52. The van der Waals surface area contributed by atoms with Crippen LogP contribution in [-0.2, 0) is 21.7 Å². The summed E-state index contributed by atoms with van der Waals surface area (Å²) in [5, 5.41) is 14.0. The lowest BCUT2D eigenvalue weighted by molar-refractivity contribution is -0.149. The number of ether oxygens (including phenoxy) is 5. The highest BCUT2D eigenvalue weighted by Crippen LogP contribution is 2.42. The maximum absolute atomic E-state index is 13.9. The highest BCUT2D eigenvalue weighted by molar-refractivity contribution is 5.97. The Morgan fingerprint density at radius 2 is 1.50 bits per heavy atom. The minimum absolute atomic E-state index is 0.119. The maximum atomic E-state index is 13.9. The van der Waals surface area contributed by atoms with E-state index in [-0.39, 0.29) is 36.8 Å². The number of aliphatic carboxylic acids is 1. The smallest absolute Gasteiger partial charge is 0.347 e. The number of methoxy groups -OCH3 is 4. The van der Waals surface area contributed by atoms with E-state index in [2.05, 4.69) is 15.3 Å². The van der Waals surface area contributed by atoms with Crippen LogP contribution in [0.1, 0.15) is 16.7 Å². The Morgan fingerprint density at radius 3 is 2.09 bits per heavy atom. The number of aromatic nitrogens is 2. The summed E-state index contributed by atoms with van der Waals surface area (Å²) in [5.41, 5.74) is 0.702. The van der Waals surface area contributed by atoms with Gasteiger partial charge < -0.3 is 33.7 Å². The van der Waals surface area contributed by atoms with E-state index in [1.807, 2.05) is 18.2 Å². The van der Waals surface area contributed by atoms with Gasteiger partial charge in [-0.25, -0.2) is 4.79 Å². The molecule has 12 heteroatoms. The van der Waals surface area contributed by atoms with Gasteiger partial charge in [-0.1, -0.05) is 48.5 Å². The van der Waals surface area contributed by atoms with E-state index >= 15 is 0 Å². The fourth-order valence-corrected chi connectivity index (χ4v) is 5.31. The number of para-hydroxylation sites is 1. The van der Waals surface area contributed by atoms with Crippen LogP contribution >= 0.6 is 0 Å². The van der Waals surface area contributed by atoms with Gasteiger partial charge in [-0.2, -0.15) is 9.97 Å². The molecule has 1 aliphatic heterocycles. The molecule has 44 heavy (non-hydrogen) atoms. The monoisotopic (exact) mass is 600 g/mol. The molecular formula is C32H32N4O8. The van der Waals surface area contributed by atoms with Crippen molar-refractivity contribution in [3.63, 3.8) is 0 Å². The van der Waals surface area contributed by atoms with Gasteiger partial charge in [-0.15, -0.1) is 0 Å². The van der Waals surface area contributed by atoms with Crippen LogP contribution < -0.4 is 33.9 Å². The number of carboxylic acids is 1. The molecule has 0 aliphatic carbocycles. The Bertz CT molecular complexity index is 1610. The zero-order valence-electron chi connectivity index (χ0n) is 24.6. The van der Waals surface area contributed by atoms with E-state index in [1.54, 1.807) is 73.7 Å². The average Bonchev–Trinajstić information content (AvgIpc) is 3.18. The van der Waals surface area contributed by atoms with Crippen LogP contribution in [0, 0.1) is 0 Å². The van der Waals surface area contributed by atoms with Crippen molar-refractivity contribution < 1.29 is 38.4 Å². The summed E-state index contributed by atoms with van der Waals surface area (Å²) in [6.45, 7) is -0.0646. The summed E-state index contributed by atoms with van der Waals surface area (Å²) in [5.74, 6) is -0.233. The van der Waals surface area contributed by atoms with Crippen molar-refractivity contribution in [1.82, 2.24) is 15.3 Å². The van der Waals surface area contributed by atoms with Gasteiger partial charge in [0.1, 0.15) is 17.0 Å². The van der Waals surface area contributed by atoms with Crippen molar-refractivity contribution in [3.05, 3.63) is 95.6 Å². The van der Waals surface area contributed by atoms with Gasteiger partial charge in [-0.05, 0) is 29.3 Å². The van der Waals surface area contributed by atoms with Crippen LogP contribution in [0.5, 0.6) is 29.3 Å². The quantitative estimate of drug-likeness (QED) is 0.262. The number of hydrogen-bond acceptors (Lipinski definition) is 10. The third kappa shape index (κ3) is 5.79. The second-order valence-corrected chi connectivity index (χ2v) is 9.82. The number of nitrogens with zero attached hydrogens (tertiary/aromatic N) is 3. The third-order valence-electron chi connectivity index (χ3n) is 7.34. The molecule has 0 saturated carbocycles. The molecule has 2 heterocycles. The van der Waals surface area contributed by atoms with Crippen LogP contribution in [0.2, 0.25) is 0 Å². The number of carbonyl (C=O) groups excluding carboxylic acids is 1. The molecule has 0 saturated heterocycles. The molecule has 0 fully saturated rings. The minimum Gasteiger partial charge on any atom is -0.497 e. The van der Waals surface area contributed by atoms with Gasteiger partial charge in [0, 0.05) is 17.3 Å². The lowest BCUT2D eigenvalue weighted by atomic mass is 9.77. The first-order chi connectivity index (χ1) is 21.3.